The summed E-state index contributed by atoms with van der Waals surface area (Å²) in [4.78, 5) is 9.04. The zero-order valence-electron chi connectivity index (χ0n) is 5.29. The predicted octanol–water partition coefficient (Wildman–Crippen LogP) is -2.78. The third-order valence-electron chi connectivity index (χ3n) is 0.484. The Kier molecular flexibility index (Phi) is 9.85. The van der Waals surface area contributed by atoms with Crippen LogP contribution >= 0.6 is 12.6 Å². The van der Waals surface area contributed by atoms with Gasteiger partial charge in [0.25, 0.3) is 6.20 Å². The Balaban J connectivity index is 0. The first-order valence-corrected chi connectivity index (χ1v) is 2.33. The van der Waals surface area contributed by atoms with E-state index in [2.05, 4.69) is 17.9 Å². The zero-order valence-corrected chi connectivity index (χ0v) is 9.31. The molecule has 0 rings (SSSR count). The van der Waals surface area contributed by atoms with Crippen molar-refractivity contribution >= 4 is 12.6 Å². The van der Waals surface area contributed by atoms with Gasteiger partial charge in [0.15, 0.2) is 0 Å². The largest absolute Gasteiger partial charge is 1.00 e. The number of hydrogen-bond acceptors (Lipinski definition) is 4. The van der Waals surface area contributed by atoms with E-state index in [0.29, 0.717) is 0 Å². The first-order chi connectivity index (χ1) is 3.66. The topological polar surface area (TPSA) is 55.2 Å². The van der Waals surface area contributed by atoms with E-state index in [1.54, 1.807) is 7.05 Å². The number of thiol groups is 1. The van der Waals surface area contributed by atoms with Gasteiger partial charge in [-0.05, 0) is 0 Å². The molecule has 0 atom stereocenters. The van der Waals surface area contributed by atoms with Crippen LogP contribution in [0, 0.1) is 10.1 Å². The van der Waals surface area contributed by atoms with Gasteiger partial charge in [0.05, 0.1) is 4.92 Å². The van der Waals surface area contributed by atoms with E-state index in [0.717, 1.165) is 6.20 Å². The molecular formula is C3H6KN2O2S+. The Morgan fingerprint density at radius 3 is 2.44 bits per heavy atom. The van der Waals surface area contributed by atoms with Crippen molar-refractivity contribution in [3.05, 3.63) is 21.3 Å². The summed E-state index contributed by atoms with van der Waals surface area (Å²) in [5.41, 5.74) is 0. The van der Waals surface area contributed by atoms with E-state index in [9.17, 15) is 10.1 Å². The molecule has 0 saturated heterocycles. The molecule has 4 nitrogen and oxygen atoms in total. The van der Waals surface area contributed by atoms with Crippen molar-refractivity contribution in [3.8, 4) is 0 Å². The van der Waals surface area contributed by atoms with Gasteiger partial charge in [-0.1, -0.05) is 0 Å². The Bertz CT molecular complexity index is 127. The average molecular weight is 173 g/mol. The summed E-state index contributed by atoms with van der Waals surface area (Å²) >= 11 is 3.68. The standard InChI is InChI=1S/C3H6N2O2S.K/c1-4-3(8)2-5(6)7;/h2,4,8H,1H3;/q;+1. The fraction of sp³-hybridized carbons (Fsp3) is 0.333. The van der Waals surface area contributed by atoms with Crippen LogP contribution in [0.4, 0.5) is 0 Å². The molecule has 1 N–H and O–H groups in total. The van der Waals surface area contributed by atoms with Gasteiger partial charge in [-0.25, -0.2) is 0 Å². The van der Waals surface area contributed by atoms with E-state index in [1.165, 1.54) is 0 Å². The van der Waals surface area contributed by atoms with E-state index < -0.39 is 4.92 Å². The molecule has 6 heteroatoms. The van der Waals surface area contributed by atoms with Crippen LogP contribution in [0.15, 0.2) is 11.2 Å². The van der Waals surface area contributed by atoms with Gasteiger partial charge in [0, 0.05) is 7.05 Å². The predicted molar refractivity (Wildman–Crippen MR) is 33.1 cm³/mol. The number of nitrogens with one attached hydrogen (secondary N) is 1. The number of rotatable bonds is 2. The fourth-order valence-corrected chi connectivity index (χ4v) is 0.259. The van der Waals surface area contributed by atoms with Crippen molar-refractivity contribution in [2.24, 2.45) is 0 Å². The van der Waals surface area contributed by atoms with Crippen molar-refractivity contribution in [3.63, 3.8) is 0 Å². The van der Waals surface area contributed by atoms with Crippen LogP contribution in [0.5, 0.6) is 0 Å². The normalized spacial score (nSPS) is 9.78. The minimum atomic E-state index is -0.571. The minimum absolute atomic E-state index is 0. The van der Waals surface area contributed by atoms with Crippen molar-refractivity contribution in [2.45, 2.75) is 0 Å². The maximum Gasteiger partial charge on any atom is 1.00 e. The molecule has 0 fully saturated rings. The summed E-state index contributed by atoms with van der Waals surface area (Å²) < 4.78 is 0. The molecule has 0 radical (unpaired) electrons. The SMILES string of the molecule is CNC(S)=C[N+](=O)[O-].[K+]. The molecule has 0 amide bonds. The summed E-state index contributed by atoms with van der Waals surface area (Å²) in [5, 5.41) is 12.3. The van der Waals surface area contributed by atoms with Crippen LogP contribution in [0.25, 0.3) is 0 Å². The summed E-state index contributed by atoms with van der Waals surface area (Å²) in [6, 6.07) is 0. The molecule has 46 valence electrons. The number of nitrogens with zero attached hydrogens (tertiary/aromatic N) is 1. The zero-order chi connectivity index (χ0) is 6.57. The van der Waals surface area contributed by atoms with E-state index in [-0.39, 0.29) is 56.4 Å². The molecule has 0 aliphatic heterocycles. The van der Waals surface area contributed by atoms with Crippen LogP contribution in [-0.4, -0.2) is 12.0 Å². The van der Waals surface area contributed by atoms with Crippen LogP contribution < -0.4 is 56.7 Å². The van der Waals surface area contributed by atoms with E-state index in [4.69, 9.17) is 0 Å². The minimum Gasteiger partial charge on any atom is -0.378 e. The second-order valence-corrected chi connectivity index (χ2v) is 1.53. The summed E-state index contributed by atoms with van der Waals surface area (Å²) in [6.45, 7) is 0. The van der Waals surface area contributed by atoms with Crippen LogP contribution in [0.3, 0.4) is 0 Å². The van der Waals surface area contributed by atoms with Gasteiger partial charge >= 0.3 is 51.4 Å². The molecule has 0 heterocycles. The maximum absolute atomic E-state index is 9.61. The van der Waals surface area contributed by atoms with Gasteiger partial charge in [-0.2, -0.15) is 0 Å². The third-order valence-corrected chi connectivity index (χ3v) is 0.823. The molecule has 0 aliphatic rings. The van der Waals surface area contributed by atoms with Gasteiger partial charge in [-0.15, -0.1) is 12.6 Å². The van der Waals surface area contributed by atoms with Gasteiger partial charge in [0.2, 0.25) is 0 Å². The maximum atomic E-state index is 9.61. The summed E-state index contributed by atoms with van der Waals surface area (Å²) in [6.07, 6.45) is 0.781. The molecule has 0 saturated carbocycles. The van der Waals surface area contributed by atoms with Crippen molar-refractivity contribution in [1.29, 1.82) is 0 Å². The molecule has 0 aromatic rings. The Morgan fingerprint density at radius 2 is 2.33 bits per heavy atom. The molecule has 0 unspecified atom stereocenters. The van der Waals surface area contributed by atoms with Crippen molar-refractivity contribution in [1.82, 2.24) is 5.32 Å². The molecule has 0 bridgehead atoms. The van der Waals surface area contributed by atoms with Crippen LogP contribution in [-0.2, 0) is 0 Å². The van der Waals surface area contributed by atoms with E-state index in [1.807, 2.05) is 0 Å². The third kappa shape index (κ3) is 8.93. The van der Waals surface area contributed by atoms with Gasteiger partial charge in [-0.3, -0.25) is 10.1 Å². The Labute approximate surface area is 101 Å². The van der Waals surface area contributed by atoms with Crippen molar-refractivity contribution in [2.75, 3.05) is 7.05 Å². The average Bonchev–Trinajstić information content (AvgIpc) is 1.65. The first kappa shape index (κ1) is 12.6. The quantitative estimate of drug-likeness (QED) is 0.205. The molecule has 0 aromatic heterocycles. The second kappa shape index (κ2) is 7.04. The monoisotopic (exact) mass is 173 g/mol. The van der Waals surface area contributed by atoms with Gasteiger partial charge < -0.3 is 5.32 Å². The number of nitro groups is 1. The smallest absolute Gasteiger partial charge is 0.378 e. The summed E-state index contributed by atoms with van der Waals surface area (Å²) in [5.74, 6) is 0. The Morgan fingerprint density at radius 1 is 1.89 bits per heavy atom. The van der Waals surface area contributed by atoms with Crippen LogP contribution in [0.1, 0.15) is 0 Å². The van der Waals surface area contributed by atoms with Crippen molar-refractivity contribution < 1.29 is 56.3 Å². The van der Waals surface area contributed by atoms with Crippen LogP contribution in [0.2, 0.25) is 0 Å². The Hall–Kier alpha value is 0.926. The van der Waals surface area contributed by atoms with Gasteiger partial charge in [0.1, 0.15) is 5.03 Å². The molecule has 9 heavy (non-hydrogen) atoms. The molecule has 0 spiro atoms. The molecule has 0 aromatic carbocycles. The number of hydrogen-bond donors (Lipinski definition) is 2. The fourth-order valence-electron chi connectivity index (χ4n) is 0.164. The van der Waals surface area contributed by atoms with E-state index >= 15 is 0 Å². The summed E-state index contributed by atoms with van der Waals surface area (Å²) in [7, 11) is 1.56. The first-order valence-electron chi connectivity index (χ1n) is 1.89. The molecular weight excluding hydrogens is 167 g/mol. The molecule has 0 aliphatic carbocycles. The second-order valence-electron chi connectivity index (χ2n) is 1.05.